The maximum absolute atomic E-state index is 12.5. The first-order valence-electron chi connectivity index (χ1n) is 9.64. The van der Waals surface area contributed by atoms with Gasteiger partial charge in [0.2, 0.25) is 0 Å². The summed E-state index contributed by atoms with van der Waals surface area (Å²) in [5, 5.41) is 0. The van der Waals surface area contributed by atoms with Gasteiger partial charge in [-0.15, -0.1) is 5.56 Å². The minimum Gasteiger partial charge on any atom is -0.731 e. The molecule has 3 heteroatoms. The smallest absolute Gasteiger partial charge is 0.0847 e. The molecule has 0 fully saturated rings. The zero-order valence-corrected chi connectivity index (χ0v) is 19.7. The monoisotopic (exact) mass is 430 g/mol. The number of hydrogen-bond acceptors (Lipinski definition) is 2. The van der Waals surface area contributed by atoms with Crippen molar-refractivity contribution in [2.75, 3.05) is 0 Å². The molecule has 3 aromatic rings. The third kappa shape index (κ3) is 4.69. The summed E-state index contributed by atoms with van der Waals surface area (Å²) in [7, 11) is 0. The first-order chi connectivity index (χ1) is 13.1. The second-order valence-corrected chi connectivity index (χ2v) is 7.60. The van der Waals surface area contributed by atoms with E-state index >= 15 is 0 Å². The Labute approximate surface area is 185 Å². The van der Waals surface area contributed by atoms with Gasteiger partial charge in [0.05, 0.1) is 6.29 Å². The van der Waals surface area contributed by atoms with Crippen molar-refractivity contribution in [1.82, 2.24) is 0 Å². The van der Waals surface area contributed by atoms with Crippen molar-refractivity contribution in [1.29, 1.82) is 0 Å². The maximum Gasteiger partial charge on any atom is 0.0847 e. The summed E-state index contributed by atoms with van der Waals surface area (Å²) in [6.07, 6.45) is 0.949. The first-order valence-corrected chi connectivity index (χ1v) is 9.64. The molecule has 0 heterocycles. The number of carbonyl (C=O) groups excluding carboxylic acids is 2. The average molecular weight is 430 g/mol. The van der Waals surface area contributed by atoms with E-state index in [9.17, 15) is 9.59 Å². The van der Waals surface area contributed by atoms with E-state index in [1.807, 2.05) is 58.0 Å². The standard InChI is InChI=1S/C16H17O.C10H13O.Fe/c1-10-11(2)13(4)15(12(10)3)16(17)14-8-6-5-7-9-14;1-6-7(2)9(4)10(5-11)8(6)3;/h5-9H,1-4H3;5H,1-4H3;/q-5;-1;. The Bertz CT molecular complexity index is 966. The Morgan fingerprint density at radius 1 is 0.793 bits per heavy atom. The molecule has 0 aliphatic heterocycles. The molecule has 0 radical (unpaired) electrons. The van der Waals surface area contributed by atoms with Gasteiger partial charge >= 0.3 is 0 Å². The van der Waals surface area contributed by atoms with Gasteiger partial charge in [0.25, 0.3) is 0 Å². The van der Waals surface area contributed by atoms with Crippen molar-refractivity contribution < 1.29 is 26.7 Å². The molecule has 0 atom stereocenters. The molecule has 3 rings (SSSR count). The fourth-order valence-corrected chi connectivity index (χ4v) is 3.72. The van der Waals surface area contributed by atoms with Gasteiger partial charge in [-0.2, -0.15) is 22.3 Å². The quantitative estimate of drug-likeness (QED) is 0.211. The molecule has 0 unspecified atom stereocenters. The summed E-state index contributed by atoms with van der Waals surface area (Å²) < 4.78 is 0. The first kappa shape index (κ1) is 24.8. The number of aldehydes is 1. The second kappa shape index (κ2) is 10.0. The van der Waals surface area contributed by atoms with Crippen molar-refractivity contribution in [2.24, 2.45) is 0 Å². The average Bonchev–Trinajstić information content (AvgIpc) is 3.01. The van der Waals surface area contributed by atoms with Crippen LogP contribution in [0.3, 0.4) is 0 Å². The number of carbonyl (C=O) groups is 2. The largest absolute Gasteiger partial charge is 0.731 e. The summed E-state index contributed by atoms with van der Waals surface area (Å²) in [6.45, 7) is 16.4. The molecule has 0 amide bonds. The van der Waals surface area contributed by atoms with Crippen molar-refractivity contribution in [3.8, 4) is 0 Å². The molecular weight excluding hydrogens is 400 g/mol. The third-order valence-electron chi connectivity index (χ3n) is 6.31. The van der Waals surface area contributed by atoms with Gasteiger partial charge in [-0.25, -0.2) is 27.7 Å². The number of ketones is 1. The molecule has 0 aromatic heterocycles. The van der Waals surface area contributed by atoms with E-state index in [0.29, 0.717) is 0 Å². The maximum atomic E-state index is 12.5. The van der Waals surface area contributed by atoms with Crippen molar-refractivity contribution >= 4 is 12.1 Å². The predicted octanol–water partition coefficient (Wildman–Crippen LogP) is 6.32. The summed E-state index contributed by atoms with van der Waals surface area (Å²) in [5.41, 5.74) is 12.0. The van der Waals surface area contributed by atoms with Gasteiger partial charge in [-0.05, 0) is 11.3 Å². The molecule has 0 N–H and O–H groups in total. The van der Waals surface area contributed by atoms with Gasteiger partial charge in [0, 0.05) is 17.1 Å². The van der Waals surface area contributed by atoms with Gasteiger partial charge in [0.1, 0.15) is 0 Å². The van der Waals surface area contributed by atoms with E-state index in [0.717, 1.165) is 45.2 Å². The fourth-order valence-electron chi connectivity index (χ4n) is 3.72. The van der Waals surface area contributed by atoms with E-state index in [1.54, 1.807) is 0 Å². The van der Waals surface area contributed by atoms with Crippen LogP contribution in [0.2, 0.25) is 0 Å². The van der Waals surface area contributed by atoms with Crippen LogP contribution < -0.4 is 0 Å². The van der Waals surface area contributed by atoms with E-state index in [4.69, 9.17) is 0 Å². The van der Waals surface area contributed by atoms with Crippen molar-refractivity contribution in [2.45, 2.75) is 55.4 Å². The van der Waals surface area contributed by atoms with Crippen LogP contribution in [-0.2, 0) is 17.1 Å². The van der Waals surface area contributed by atoms with Crippen LogP contribution >= 0.6 is 0 Å². The van der Waals surface area contributed by atoms with E-state index in [1.165, 1.54) is 22.3 Å². The minimum absolute atomic E-state index is 0. The minimum atomic E-state index is 0. The van der Waals surface area contributed by atoms with Crippen LogP contribution in [0.4, 0.5) is 0 Å². The van der Waals surface area contributed by atoms with Gasteiger partial charge in [0.15, 0.2) is 0 Å². The Balaban J connectivity index is 0.000000306. The van der Waals surface area contributed by atoms with E-state index in [-0.39, 0.29) is 22.9 Å². The van der Waals surface area contributed by atoms with Gasteiger partial charge < -0.3 is 37.4 Å². The summed E-state index contributed by atoms with van der Waals surface area (Å²) in [6, 6.07) is 9.48. The van der Waals surface area contributed by atoms with E-state index in [2.05, 4.69) is 27.7 Å². The molecular formula is C26H30FeO2-6. The van der Waals surface area contributed by atoms with Crippen molar-refractivity contribution in [3.63, 3.8) is 0 Å². The molecule has 3 aromatic carbocycles. The Kier molecular flexibility index (Phi) is 8.56. The zero-order valence-electron chi connectivity index (χ0n) is 18.6. The number of hydrogen-bond donors (Lipinski definition) is 0. The van der Waals surface area contributed by atoms with Crippen LogP contribution in [0.1, 0.15) is 70.8 Å². The van der Waals surface area contributed by atoms with Crippen LogP contribution in [0.15, 0.2) is 30.3 Å². The van der Waals surface area contributed by atoms with Gasteiger partial charge in [-0.3, -0.25) is 0 Å². The SMILES string of the molecule is C[c-]1[c-](C)[c-](C)[c-](C(=O)c2ccccc2)[c-]1C.Cc1c(C=O)c(C)[c-](C)c1C.[Fe]. The molecule has 160 valence electrons. The van der Waals surface area contributed by atoms with Crippen molar-refractivity contribution in [3.05, 3.63) is 91.5 Å². The molecule has 29 heavy (non-hydrogen) atoms. The Morgan fingerprint density at radius 2 is 1.28 bits per heavy atom. The number of benzene rings is 1. The summed E-state index contributed by atoms with van der Waals surface area (Å²) >= 11 is 0. The van der Waals surface area contributed by atoms with Crippen LogP contribution in [0, 0.1) is 55.4 Å². The number of rotatable bonds is 3. The normalized spacial score (nSPS) is 10.1. The Hall–Kier alpha value is -2.22. The fraction of sp³-hybridized carbons (Fsp3) is 0.308. The molecule has 0 saturated heterocycles. The molecule has 0 saturated carbocycles. The van der Waals surface area contributed by atoms with Crippen LogP contribution in [-0.4, -0.2) is 12.1 Å². The van der Waals surface area contributed by atoms with Crippen LogP contribution in [0.25, 0.3) is 0 Å². The Morgan fingerprint density at radius 3 is 1.62 bits per heavy atom. The molecule has 0 bridgehead atoms. The molecule has 0 spiro atoms. The third-order valence-corrected chi connectivity index (χ3v) is 6.31. The molecule has 2 nitrogen and oxygen atoms in total. The van der Waals surface area contributed by atoms with Gasteiger partial charge in [-0.1, -0.05) is 58.0 Å². The molecule has 0 aliphatic rings. The predicted molar refractivity (Wildman–Crippen MR) is 117 cm³/mol. The second-order valence-electron chi connectivity index (χ2n) is 7.60. The van der Waals surface area contributed by atoms with Crippen LogP contribution in [0.5, 0.6) is 0 Å². The topological polar surface area (TPSA) is 34.1 Å². The van der Waals surface area contributed by atoms with E-state index < -0.39 is 0 Å². The zero-order chi connectivity index (χ0) is 21.2. The summed E-state index contributed by atoms with van der Waals surface area (Å²) in [4.78, 5) is 23.1. The summed E-state index contributed by atoms with van der Waals surface area (Å²) in [5.74, 6) is 0.136. The molecule has 0 aliphatic carbocycles.